The van der Waals surface area contributed by atoms with Crippen molar-refractivity contribution in [3.05, 3.63) is 129 Å². The number of carbonyl (C=O) groups is 2. The summed E-state index contributed by atoms with van der Waals surface area (Å²) in [5.41, 5.74) is 3.79. The molecule has 12 heteroatoms. The van der Waals surface area contributed by atoms with E-state index in [1.807, 2.05) is 43.3 Å². The van der Waals surface area contributed by atoms with E-state index in [0.717, 1.165) is 28.0 Å². The van der Waals surface area contributed by atoms with E-state index < -0.39 is 17.7 Å². The number of aromatic nitrogens is 2. The van der Waals surface area contributed by atoms with Gasteiger partial charge in [-0.1, -0.05) is 77.2 Å². The Morgan fingerprint density at radius 3 is 2.47 bits per heavy atom. The average molecular weight is 686 g/mol. The van der Waals surface area contributed by atoms with E-state index in [9.17, 15) is 19.8 Å². The normalized spacial score (nSPS) is 15.6. The molecule has 2 N–H and O–H groups in total. The van der Waals surface area contributed by atoms with Gasteiger partial charge in [0.15, 0.2) is 15.8 Å². The number of Topliss-reactive ketones (excluding diaryl/α,β-unsaturated/α-hetero) is 1. The molecule has 0 bridgehead atoms. The molecule has 1 atom stereocenters. The minimum absolute atomic E-state index is 0.119. The Kier molecular flexibility index (Phi) is 9.48. The first-order valence-electron chi connectivity index (χ1n) is 14.4. The highest BCUT2D eigenvalue weighted by Crippen LogP contribution is 2.45. The van der Waals surface area contributed by atoms with Crippen LogP contribution in [0.1, 0.15) is 33.9 Å². The third kappa shape index (κ3) is 6.83. The van der Waals surface area contributed by atoms with E-state index in [1.165, 1.54) is 35.9 Å². The topological polar surface area (TPSA) is 122 Å². The maximum Gasteiger partial charge on any atom is 0.301 e. The molecule has 1 aliphatic rings. The lowest BCUT2D eigenvalue weighted by atomic mass is 9.95. The van der Waals surface area contributed by atoms with Crippen molar-refractivity contribution >= 4 is 57.3 Å². The number of carbonyl (C=O) groups excluding carboxylic acids is 2. The molecule has 0 saturated carbocycles. The fraction of sp³-hybridized carbons (Fsp3) is 0.143. The molecule has 5 aromatic rings. The molecular formula is C35H28ClN3O6S2. The van der Waals surface area contributed by atoms with Crippen molar-refractivity contribution in [1.82, 2.24) is 10.2 Å². The van der Waals surface area contributed by atoms with E-state index in [0.29, 0.717) is 38.6 Å². The molecule has 6 rings (SSSR count). The molecule has 1 aliphatic heterocycles. The van der Waals surface area contributed by atoms with E-state index in [2.05, 4.69) is 10.2 Å². The summed E-state index contributed by atoms with van der Waals surface area (Å²) in [7, 11) is 1.40. The first kappa shape index (κ1) is 32.1. The Hall–Kier alpha value is -4.84. The number of halogens is 1. The van der Waals surface area contributed by atoms with Crippen molar-refractivity contribution in [2.24, 2.45) is 0 Å². The number of hydrogen-bond acceptors (Lipinski definition) is 10. The number of hydrogen-bond donors (Lipinski definition) is 2. The van der Waals surface area contributed by atoms with Gasteiger partial charge in [-0.15, -0.1) is 10.2 Å². The van der Waals surface area contributed by atoms with Gasteiger partial charge in [0, 0.05) is 16.3 Å². The summed E-state index contributed by atoms with van der Waals surface area (Å²) in [5, 5.41) is 31.2. The number of anilines is 1. The molecule has 1 fully saturated rings. The van der Waals surface area contributed by atoms with Gasteiger partial charge in [-0.25, -0.2) is 0 Å². The minimum atomic E-state index is -1.08. The van der Waals surface area contributed by atoms with Gasteiger partial charge in [-0.3, -0.25) is 14.5 Å². The van der Waals surface area contributed by atoms with Crippen LogP contribution in [0.5, 0.6) is 17.2 Å². The molecule has 4 aromatic carbocycles. The number of ether oxygens (including phenoxy) is 2. The van der Waals surface area contributed by atoms with Gasteiger partial charge in [0.1, 0.15) is 18.1 Å². The number of methoxy groups -OCH3 is 1. The Bertz CT molecular complexity index is 1980. The summed E-state index contributed by atoms with van der Waals surface area (Å²) >= 11 is 8.58. The van der Waals surface area contributed by atoms with Crippen LogP contribution in [0.15, 0.2) is 101 Å². The maximum atomic E-state index is 13.6. The zero-order valence-electron chi connectivity index (χ0n) is 25.2. The number of nitrogens with zero attached hydrogens (tertiary/aromatic N) is 3. The summed E-state index contributed by atoms with van der Waals surface area (Å²) in [6.45, 7) is 2.38. The van der Waals surface area contributed by atoms with Gasteiger partial charge >= 0.3 is 5.91 Å². The standard InChI is InChI=1S/C35H28ClN3O6S2/c1-20-5-3-4-6-24(20)18-45-26-14-9-22(10-15-26)31(41)29-30(23-11-16-27(40)28(17-23)44-2)39(33(43)32(29)42)34-37-38-35(47-34)46-19-21-7-12-25(36)13-8-21/h3-17,30,40-41H,18-19H2,1-2H3/b31-29+. The number of amides is 1. The molecule has 2 heterocycles. The first-order valence-corrected chi connectivity index (χ1v) is 16.6. The Labute approximate surface area is 284 Å². The van der Waals surface area contributed by atoms with Crippen LogP contribution in [0.3, 0.4) is 0 Å². The van der Waals surface area contributed by atoms with Gasteiger partial charge in [0.25, 0.3) is 5.78 Å². The smallest absolute Gasteiger partial charge is 0.301 e. The van der Waals surface area contributed by atoms with Crippen LogP contribution < -0.4 is 14.4 Å². The third-order valence-corrected chi connectivity index (χ3v) is 10.0. The molecule has 238 valence electrons. The van der Waals surface area contributed by atoms with Crippen molar-refractivity contribution in [3.8, 4) is 17.2 Å². The first-order chi connectivity index (χ1) is 22.7. The molecule has 47 heavy (non-hydrogen) atoms. The van der Waals surface area contributed by atoms with Gasteiger partial charge < -0.3 is 19.7 Å². The Morgan fingerprint density at radius 1 is 1.00 bits per heavy atom. The van der Waals surface area contributed by atoms with Crippen LogP contribution in [0.2, 0.25) is 5.02 Å². The lowest BCUT2D eigenvalue weighted by Gasteiger charge is -2.23. The number of aliphatic hydroxyl groups is 1. The van der Waals surface area contributed by atoms with Gasteiger partial charge in [0.05, 0.1) is 18.7 Å². The second-order valence-electron chi connectivity index (χ2n) is 10.6. The second kappa shape index (κ2) is 13.9. The van der Waals surface area contributed by atoms with Crippen LogP contribution in [0.4, 0.5) is 5.13 Å². The minimum Gasteiger partial charge on any atom is -0.507 e. The molecule has 0 aliphatic carbocycles. The van der Waals surface area contributed by atoms with Gasteiger partial charge in [-0.2, -0.15) is 0 Å². The highest BCUT2D eigenvalue weighted by Gasteiger charge is 2.48. The lowest BCUT2D eigenvalue weighted by molar-refractivity contribution is -0.132. The molecule has 1 unspecified atom stereocenters. The number of benzene rings is 4. The van der Waals surface area contributed by atoms with Gasteiger partial charge in [0.2, 0.25) is 5.13 Å². The summed E-state index contributed by atoms with van der Waals surface area (Å²) in [5.74, 6) is -0.936. The Morgan fingerprint density at radius 2 is 1.74 bits per heavy atom. The maximum absolute atomic E-state index is 13.6. The van der Waals surface area contributed by atoms with E-state index in [4.69, 9.17) is 21.1 Å². The molecule has 1 saturated heterocycles. The predicted molar refractivity (Wildman–Crippen MR) is 182 cm³/mol. The quantitative estimate of drug-likeness (QED) is 0.0500. The number of ketones is 1. The highest BCUT2D eigenvalue weighted by atomic mass is 35.5. The molecule has 0 spiro atoms. The molecule has 1 aromatic heterocycles. The van der Waals surface area contributed by atoms with Crippen LogP contribution in [-0.2, 0) is 21.9 Å². The van der Waals surface area contributed by atoms with Crippen molar-refractivity contribution in [3.63, 3.8) is 0 Å². The molecule has 9 nitrogen and oxygen atoms in total. The van der Waals surface area contributed by atoms with Crippen LogP contribution >= 0.6 is 34.7 Å². The zero-order chi connectivity index (χ0) is 33.1. The van der Waals surface area contributed by atoms with Crippen LogP contribution in [0.25, 0.3) is 5.76 Å². The summed E-state index contributed by atoms with van der Waals surface area (Å²) in [6, 6.07) is 25.4. The van der Waals surface area contributed by atoms with Crippen molar-refractivity contribution in [2.75, 3.05) is 12.0 Å². The van der Waals surface area contributed by atoms with Crippen LogP contribution in [0, 0.1) is 6.92 Å². The summed E-state index contributed by atoms with van der Waals surface area (Å²) < 4.78 is 11.8. The molecular weight excluding hydrogens is 658 g/mol. The fourth-order valence-corrected chi connectivity index (χ4v) is 7.04. The monoisotopic (exact) mass is 685 g/mol. The van der Waals surface area contributed by atoms with E-state index >= 15 is 0 Å². The lowest BCUT2D eigenvalue weighted by Crippen LogP contribution is -2.29. The number of phenolic OH excluding ortho intramolecular Hbond substituents is 1. The van der Waals surface area contributed by atoms with Crippen molar-refractivity contribution in [2.45, 2.75) is 29.7 Å². The Balaban J connectivity index is 1.33. The number of rotatable bonds is 10. The molecule has 1 amide bonds. The fourth-order valence-electron chi connectivity index (χ4n) is 5.09. The third-order valence-electron chi connectivity index (χ3n) is 7.62. The zero-order valence-corrected chi connectivity index (χ0v) is 27.6. The summed E-state index contributed by atoms with van der Waals surface area (Å²) in [6.07, 6.45) is 0. The number of aryl methyl sites for hydroxylation is 1. The average Bonchev–Trinajstić information content (AvgIpc) is 3.65. The van der Waals surface area contributed by atoms with E-state index in [1.54, 1.807) is 42.5 Å². The SMILES string of the molecule is COc1cc(C2/C(=C(\O)c3ccc(OCc4ccccc4C)cc3)C(=O)C(=O)N2c2nnc(SCc3ccc(Cl)cc3)s2)ccc1O. The number of phenols is 1. The number of aromatic hydroxyl groups is 1. The largest absolute Gasteiger partial charge is 0.507 e. The predicted octanol–water partition coefficient (Wildman–Crippen LogP) is 7.71. The van der Waals surface area contributed by atoms with E-state index in [-0.39, 0.29) is 28.0 Å². The highest BCUT2D eigenvalue weighted by molar-refractivity contribution is 8.00. The van der Waals surface area contributed by atoms with Crippen LogP contribution in [-0.4, -0.2) is 39.2 Å². The van der Waals surface area contributed by atoms with Crippen molar-refractivity contribution < 1.29 is 29.3 Å². The molecule has 0 radical (unpaired) electrons. The number of thioether (sulfide) groups is 1. The van der Waals surface area contributed by atoms with Gasteiger partial charge in [-0.05, 0) is 77.7 Å². The second-order valence-corrected chi connectivity index (χ2v) is 13.2. The van der Waals surface area contributed by atoms with Crippen molar-refractivity contribution in [1.29, 1.82) is 0 Å². The number of aliphatic hydroxyl groups excluding tert-OH is 1. The summed E-state index contributed by atoms with van der Waals surface area (Å²) in [4.78, 5) is 28.5.